The Morgan fingerprint density at radius 3 is 0.615 bits per heavy atom. The highest BCUT2D eigenvalue weighted by Gasteiger charge is 2.27. The minimum absolute atomic E-state index is 0.583. The van der Waals surface area contributed by atoms with Crippen LogP contribution in [-0.2, 0) is 12.8 Å². The van der Waals surface area contributed by atoms with Gasteiger partial charge in [-0.05, 0) is 370 Å². The summed E-state index contributed by atoms with van der Waals surface area (Å²) in [5, 5.41) is 5.10. The molecule has 0 saturated heterocycles. The van der Waals surface area contributed by atoms with Gasteiger partial charge in [0.2, 0.25) is 0 Å². The normalized spacial score (nSPS) is 12.7. The monoisotopic (exact) mass is 1940 g/mol. The van der Waals surface area contributed by atoms with Crippen molar-refractivity contribution in [1.29, 1.82) is 0 Å². The summed E-state index contributed by atoms with van der Waals surface area (Å²) in [5.41, 5.74) is 42.1. The molecule has 6 nitrogen and oxygen atoms in total. The molecule has 0 amide bonds. The van der Waals surface area contributed by atoms with E-state index in [1.165, 1.54) is 276 Å². The Morgan fingerprint density at radius 2 is 0.385 bits per heavy atom. The summed E-state index contributed by atoms with van der Waals surface area (Å²) < 4.78 is 30.3. The van der Waals surface area contributed by atoms with Crippen LogP contribution in [0.15, 0.2) is 400 Å². The molecule has 0 saturated carbocycles. The van der Waals surface area contributed by atoms with Crippen molar-refractivity contribution >= 4 is 43.6 Å². The van der Waals surface area contributed by atoms with Gasteiger partial charge in [0, 0.05) is 32.9 Å². The van der Waals surface area contributed by atoms with Gasteiger partial charge in [-0.25, -0.2) is 0 Å². The van der Waals surface area contributed by atoms with E-state index in [-0.39, 0.29) is 0 Å². The third-order valence-corrected chi connectivity index (χ3v) is 31.6. The summed E-state index contributed by atoms with van der Waals surface area (Å²) in [4.78, 5) is 0. The maximum absolute atomic E-state index is 6.40. The van der Waals surface area contributed by atoms with Crippen LogP contribution in [0.2, 0.25) is 0 Å². The van der Waals surface area contributed by atoms with E-state index in [4.69, 9.17) is 18.9 Å². The van der Waals surface area contributed by atoms with Gasteiger partial charge in [-0.15, -0.1) is 0 Å². The molecule has 20 aromatic rings. The molecule has 0 aliphatic heterocycles. The van der Waals surface area contributed by atoms with Crippen molar-refractivity contribution in [3.8, 4) is 168 Å². The van der Waals surface area contributed by atoms with Gasteiger partial charge in [0.05, 0.1) is 48.5 Å². The molecule has 2 aromatic heterocycles. The lowest BCUT2D eigenvalue weighted by molar-refractivity contribution is 0.233. The fourth-order valence-electron chi connectivity index (χ4n) is 22.6. The van der Waals surface area contributed by atoms with Crippen molar-refractivity contribution in [3.05, 3.63) is 423 Å². The van der Waals surface area contributed by atoms with Crippen LogP contribution in [-0.4, -0.2) is 35.6 Å². The van der Waals surface area contributed by atoms with Gasteiger partial charge in [-0.2, -0.15) is 0 Å². The van der Waals surface area contributed by atoms with Crippen LogP contribution < -0.4 is 18.9 Å². The van der Waals surface area contributed by atoms with E-state index in [1.54, 1.807) is 0 Å². The van der Waals surface area contributed by atoms with Gasteiger partial charge in [0.1, 0.15) is 23.0 Å². The zero-order valence-corrected chi connectivity index (χ0v) is 87.5. The van der Waals surface area contributed by atoms with Crippen molar-refractivity contribution in [2.45, 2.75) is 171 Å². The second-order valence-corrected chi connectivity index (χ2v) is 41.4. The fourth-order valence-corrected chi connectivity index (χ4v) is 22.6. The maximum atomic E-state index is 6.40. The lowest BCUT2D eigenvalue weighted by Gasteiger charge is -2.16. The SMILES string of the molecule is CCCCC(CC)COc1ccc(-c2cc(-c3ccc(OCC(CC)CCCC)cc3)cc(-c3ccc4c(c3)Cc3cc(-c5ccc6c(c5)Cc5cc(-c7cc(-c8ccc(OCC(CC)CCCC)cc8)cc(-c8ccc(OCC(CC)CCCC)cc8)c7)ccc5-6)ccc3-4)c2)cc1.c1ccc(-c2cc(-c3ccc(-n4c5ccccc5c5ccccc54)cc3)cc(-c3ccc(-n4c5ccccc5c5ccccc54)cc3)c2)cc1. The summed E-state index contributed by atoms with van der Waals surface area (Å²) in [6.07, 6.45) is 21.1. The first kappa shape index (κ1) is 98.8. The Kier molecular flexibility index (Phi) is 30.8. The second-order valence-electron chi connectivity index (χ2n) is 41.4. The topological polar surface area (TPSA) is 46.8 Å². The van der Waals surface area contributed by atoms with Gasteiger partial charge in [0.15, 0.2) is 0 Å². The van der Waals surface area contributed by atoms with Crippen LogP contribution >= 0.6 is 0 Å². The number of unbranched alkanes of at least 4 members (excludes halogenated alkanes) is 4. The van der Waals surface area contributed by atoms with Gasteiger partial charge in [-0.3, -0.25) is 0 Å². The minimum Gasteiger partial charge on any atom is -0.493 e. The first-order chi connectivity index (χ1) is 72.9. The van der Waals surface area contributed by atoms with Crippen LogP contribution in [0.4, 0.5) is 0 Å². The van der Waals surface area contributed by atoms with Gasteiger partial charge < -0.3 is 28.1 Å². The molecule has 2 aliphatic rings. The minimum atomic E-state index is 0.583. The Labute approximate surface area is 877 Å². The predicted octanol–water partition coefficient (Wildman–Crippen LogP) is 39.8. The molecule has 740 valence electrons. The summed E-state index contributed by atoms with van der Waals surface area (Å²) in [5.74, 6) is 6.07. The van der Waals surface area contributed by atoms with Crippen molar-refractivity contribution in [1.82, 2.24) is 9.13 Å². The van der Waals surface area contributed by atoms with E-state index in [0.29, 0.717) is 23.7 Å². The highest BCUT2D eigenvalue weighted by atomic mass is 16.5. The maximum Gasteiger partial charge on any atom is 0.119 e. The number of ether oxygens (including phenoxy) is 4. The molecule has 0 radical (unpaired) electrons. The third-order valence-electron chi connectivity index (χ3n) is 31.6. The number of fused-ring (bicyclic) bond motifs is 12. The third kappa shape index (κ3) is 21.9. The zero-order valence-electron chi connectivity index (χ0n) is 87.5. The van der Waals surface area contributed by atoms with Crippen LogP contribution in [0, 0.1) is 23.7 Å². The predicted molar refractivity (Wildman–Crippen MR) is 628 cm³/mol. The lowest BCUT2D eigenvalue weighted by atomic mass is 9.92. The van der Waals surface area contributed by atoms with Crippen LogP contribution in [0.5, 0.6) is 23.0 Å². The van der Waals surface area contributed by atoms with Crippen molar-refractivity contribution in [2.75, 3.05) is 26.4 Å². The van der Waals surface area contributed by atoms with Crippen LogP contribution in [0.1, 0.15) is 180 Å². The smallest absolute Gasteiger partial charge is 0.119 e. The number of para-hydroxylation sites is 4. The molecule has 148 heavy (non-hydrogen) atoms. The molecular weight excluding hydrogens is 1800 g/mol. The number of benzene rings is 18. The molecule has 2 heterocycles. The number of nitrogens with zero attached hydrogens (tertiary/aromatic N) is 2. The number of hydrogen-bond donors (Lipinski definition) is 0. The van der Waals surface area contributed by atoms with Gasteiger partial charge in [-0.1, -0.05) is 381 Å². The largest absolute Gasteiger partial charge is 0.493 e. The van der Waals surface area contributed by atoms with Crippen LogP contribution in [0.25, 0.3) is 189 Å². The molecule has 0 spiro atoms. The molecule has 4 unspecified atom stereocenters. The van der Waals surface area contributed by atoms with Crippen molar-refractivity contribution < 1.29 is 18.9 Å². The Morgan fingerprint density at radius 1 is 0.189 bits per heavy atom. The van der Waals surface area contributed by atoms with Crippen molar-refractivity contribution in [3.63, 3.8) is 0 Å². The van der Waals surface area contributed by atoms with E-state index in [9.17, 15) is 0 Å². The molecular formula is C142H138N2O4. The van der Waals surface area contributed by atoms with E-state index in [2.05, 4.69) is 465 Å². The molecule has 4 atom stereocenters. The Balaban J connectivity index is 0.000000212. The summed E-state index contributed by atoms with van der Waals surface area (Å²) in [6, 6.07) is 148. The van der Waals surface area contributed by atoms with Crippen LogP contribution in [0.3, 0.4) is 0 Å². The molecule has 6 heteroatoms. The van der Waals surface area contributed by atoms with Gasteiger partial charge >= 0.3 is 0 Å². The van der Waals surface area contributed by atoms with E-state index < -0.39 is 0 Å². The molecule has 22 rings (SSSR count). The first-order valence-electron chi connectivity index (χ1n) is 55.1. The highest BCUT2D eigenvalue weighted by molar-refractivity contribution is 6.10. The molecule has 2 aliphatic carbocycles. The number of aromatic nitrogens is 2. The molecule has 0 N–H and O–H groups in total. The molecule has 0 fully saturated rings. The fraction of sp³-hybridized carbons (Fsp3) is 0.239. The lowest BCUT2D eigenvalue weighted by Crippen LogP contribution is -2.11. The summed E-state index contributed by atoms with van der Waals surface area (Å²) in [6.45, 7) is 21.3. The Bertz CT molecular complexity index is 7260. The first-order valence-corrected chi connectivity index (χ1v) is 55.1. The number of rotatable bonds is 40. The Hall–Kier alpha value is -15.2. The average Bonchev–Trinajstić information content (AvgIpc) is 1.60. The number of hydrogen-bond acceptors (Lipinski definition) is 4. The standard InChI is InChI=1S/C94H106O4.C48H32N2/c1-9-17-21-65(13-5)61-95-87-37-25-69(26-38-87)77-53-78(70-27-39-88(40-28-70)96-62-66(14-6)22-18-10-2)56-81(55-77)75-35-47-93-85(51-75)59-83-49-73(33-45-91(83)93)74-34-46-92-84(50-74)60-86-52-76(36-48-94(86)92)82-57-79(71-29-41-89(42-30-71)97-63-67(15-7)23-19-11-3)54-80(58-82)72-31-43-90(44-32-72)98-64-68(16-8)24-20-12-4;1-2-12-33(13-3-1)36-30-37(34-22-26-39(27-23-34)49-45-18-8-4-14-41(45)42-15-5-9-19-46(42)49)32-38(31-36)35-24-28-40(29-25-35)50-47-20-10-6-16-43(47)44-17-7-11-21-48(44)50/h25-58,65-68H,9-24,59-64H2,1-8H3;1-32H. The quantitative estimate of drug-likeness (QED) is 0.0384. The molecule has 18 aromatic carbocycles. The van der Waals surface area contributed by atoms with E-state index >= 15 is 0 Å². The molecule has 0 bridgehead atoms. The van der Waals surface area contributed by atoms with E-state index in [1.807, 2.05) is 0 Å². The van der Waals surface area contributed by atoms with Crippen molar-refractivity contribution in [2.24, 2.45) is 23.7 Å². The van der Waals surface area contributed by atoms with E-state index in [0.717, 1.165) is 99.3 Å². The van der Waals surface area contributed by atoms with Gasteiger partial charge in [0.25, 0.3) is 0 Å². The zero-order chi connectivity index (χ0) is 101. The second kappa shape index (κ2) is 46.2. The summed E-state index contributed by atoms with van der Waals surface area (Å²) >= 11 is 0. The highest BCUT2D eigenvalue weighted by Crippen LogP contribution is 2.48. The summed E-state index contributed by atoms with van der Waals surface area (Å²) in [7, 11) is 0. The average molecular weight is 1940 g/mol.